The van der Waals surface area contributed by atoms with Gasteiger partial charge in [-0.3, -0.25) is 4.79 Å². The molecule has 1 aliphatic heterocycles. The number of amides is 1. The third-order valence-corrected chi connectivity index (χ3v) is 5.83. The zero-order valence-electron chi connectivity index (χ0n) is 17.0. The SMILES string of the molecule is CN(C)c1ccc(-c2ccc(NC(=O)C3(c4ccc5c(c4)OCO5)CC3)nc2)cc1. The van der Waals surface area contributed by atoms with E-state index in [0.29, 0.717) is 11.6 Å². The Hall–Kier alpha value is -3.54. The van der Waals surface area contributed by atoms with Crippen LogP contribution in [-0.4, -0.2) is 31.8 Å². The quantitative estimate of drug-likeness (QED) is 0.694. The second-order valence-electron chi connectivity index (χ2n) is 7.98. The molecular weight excluding hydrogens is 378 g/mol. The molecule has 30 heavy (non-hydrogen) atoms. The van der Waals surface area contributed by atoms with Gasteiger partial charge in [-0.05, 0) is 60.4 Å². The van der Waals surface area contributed by atoms with Crippen molar-refractivity contribution in [2.75, 3.05) is 31.1 Å². The van der Waals surface area contributed by atoms with Crippen LogP contribution in [-0.2, 0) is 10.2 Å². The average molecular weight is 401 g/mol. The van der Waals surface area contributed by atoms with Crippen LogP contribution in [0.2, 0.25) is 0 Å². The Balaban J connectivity index is 1.30. The number of pyridine rings is 1. The summed E-state index contributed by atoms with van der Waals surface area (Å²) in [6.07, 6.45) is 3.42. The van der Waals surface area contributed by atoms with Crippen molar-refractivity contribution < 1.29 is 14.3 Å². The first kappa shape index (κ1) is 18.5. The number of ether oxygens (including phenoxy) is 2. The molecule has 1 aliphatic carbocycles. The van der Waals surface area contributed by atoms with E-state index in [0.717, 1.165) is 41.0 Å². The van der Waals surface area contributed by atoms with E-state index < -0.39 is 5.41 Å². The van der Waals surface area contributed by atoms with E-state index in [4.69, 9.17) is 9.47 Å². The Bertz CT molecular complexity index is 1090. The molecule has 2 aliphatic rings. The standard InChI is InChI=1S/C24H23N3O3/c1-27(2)19-7-3-16(4-8-19)17-5-10-22(25-14-17)26-23(28)24(11-12-24)18-6-9-20-21(13-18)30-15-29-20/h3-10,13-14H,11-12,15H2,1-2H3,(H,25,26,28). The Morgan fingerprint density at radius 1 is 0.967 bits per heavy atom. The van der Waals surface area contributed by atoms with Crippen molar-refractivity contribution in [2.45, 2.75) is 18.3 Å². The van der Waals surface area contributed by atoms with Crippen molar-refractivity contribution in [3.63, 3.8) is 0 Å². The van der Waals surface area contributed by atoms with Gasteiger partial charge in [0.1, 0.15) is 5.82 Å². The predicted octanol–water partition coefficient (Wildman–Crippen LogP) is 4.21. The van der Waals surface area contributed by atoms with Crippen LogP contribution in [0.1, 0.15) is 18.4 Å². The number of hydrogen-bond donors (Lipinski definition) is 1. The van der Waals surface area contributed by atoms with Crippen molar-refractivity contribution >= 4 is 17.4 Å². The Labute approximate surface area is 175 Å². The van der Waals surface area contributed by atoms with Gasteiger partial charge in [0, 0.05) is 31.5 Å². The van der Waals surface area contributed by atoms with E-state index in [-0.39, 0.29) is 12.7 Å². The van der Waals surface area contributed by atoms with Crippen LogP contribution < -0.4 is 19.7 Å². The van der Waals surface area contributed by atoms with Crippen LogP contribution >= 0.6 is 0 Å². The van der Waals surface area contributed by atoms with Crippen LogP contribution in [0.25, 0.3) is 11.1 Å². The molecular formula is C24H23N3O3. The fourth-order valence-corrected chi connectivity index (χ4v) is 3.79. The molecule has 0 radical (unpaired) electrons. The summed E-state index contributed by atoms with van der Waals surface area (Å²) in [5.74, 6) is 1.96. The van der Waals surface area contributed by atoms with Gasteiger partial charge in [0.2, 0.25) is 12.7 Å². The minimum absolute atomic E-state index is 0.0306. The van der Waals surface area contributed by atoms with Gasteiger partial charge >= 0.3 is 0 Å². The molecule has 1 saturated carbocycles. The van der Waals surface area contributed by atoms with Gasteiger partial charge in [0.15, 0.2) is 11.5 Å². The topological polar surface area (TPSA) is 63.7 Å². The Morgan fingerprint density at radius 2 is 1.70 bits per heavy atom. The maximum Gasteiger partial charge on any atom is 0.236 e. The highest BCUT2D eigenvalue weighted by molar-refractivity contribution is 6.01. The molecule has 0 spiro atoms. The van der Waals surface area contributed by atoms with Crippen molar-refractivity contribution in [3.05, 3.63) is 66.4 Å². The number of fused-ring (bicyclic) bond motifs is 1. The summed E-state index contributed by atoms with van der Waals surface area (Å²) in [4.78, 5) is 19.5. The summed E-state index contributed by atoms with van der Waals surface area (Å²) < 4.78 is 10.8. The van der Waals surface area contributed by atoms with Crippen LogP contribution in [0.3, 0.4) is 0 Å². The third kappa shape index (κ3) is 3.24. The molecule has 2 heterocycles. The number of aromatic nitrogens is 1. The number of benzene rings is 2. The molecule has 0 unspecified atom stereocenters. The molecule has 2 aromatic carbocycles. The maximum atomic E-state index is 13.0. The summed E-state index contributed by atoms with van der Waals surface area (Å²) in [5.41, 5.74) is 3.69. The highest BCUT2D eigenvalue weighted by Crippen LogP contribution is 2.51. The lowest BCUT2D eigenvalue weighted by atomic mass is 9.94. The van der Waals surface area contributed by atoms with Gasteiger partial charge in [-0.25, -0.2) is 4.98 Å². The molecule has 152 valence electrons. The Morgan fingerprint density at radius 3 is 2.37 bits per heavy atom. The van der Waals surface area contributed by atoms with Gasteiger partial charge in [0.25, 0.3) is 0 Å². The van der Waals surface area contributed by atoms with E-state index >= 15 is 0 Å². The Kier molecular flexibility index (Phi) is 4.35. The number of nitrogens with one attached hydrogen (secondary N) is 1. The van der Waals surface area contributed by atoms with Crippen molar-refractivity contribution in [3.8, 4) is 22.6 Å². The van der Waals surface area contributed by atoms with E-state index in [2.05, 4.69) is 39.5 Å². The second kappa shape index (κ2) is 7.06. The number of hydrogen-bond acceptors (Lipinski definition) is 5. The lowest BCUT2D eigenvalue weighted by Crippen LogP contribution is -2.28. The van der Waals surface area contributed by atoms with Gasteiger partial charge in [-0.1, -0.05) is 18.2 Å². The monoisotopic (exact) mass is 401 g/mol. The van der Waals surface area contributed by atoms with Crippen LogP contribution in [0.15, 0.2) is 60.8 Å². The lowest BCUT2D eigenvalue weighted by molar-refractivity contribution is -0.118. The highest BCUT2D eigenvalue weighted by atomic mass is 16.7. The number of carbonyl (C=O) groups excluding carboxylic acids is 1. The first-order valence-electron chi connectivity index (χ1n) is 10.0. The fraction of sp³-hybridized carbons (Fsp3) is 0.250. The zero-order chi connectivity index (χ0) is 20.7. The second-order valence-corrected chi connectivity index (χ2v) is 7.98. The number of anilines is 2. The first-order chi connectivity index (χ1) is 14.5. The summed E-state index contributed by atoms with van der Waals surface area (Å²) in [5, 5.41) is 2.98. The van der Waals surface area contributed by atoms with Crippen LogP contribution in [0.5, 0.6) is 11.5 Å². The summed E-state index contributed by atoms with van der Waals surface area (Å²) in [6.45, 7) is 0.228. The molecule has 6 nitrogen and oxygen atoms in total. The van der Waals surface area contributed by atoms with Crippen molar-refractivity contribution in [2.24, 2.45) is 0 Å². The zero-order valence-corrected chi connectivity index (χ0v) is 17.0. The number of carbonyl (C=O) groups is 1. The van der Waals surface area contributed by atoms with Gasteiger partial charge < -0.3 is 19.7 Å². The molecule has 6 heteroatoms. The lowest BCUT2D eigenvalue weighted by Gasteiger charge is -2.16. The van der Waals surface area contributed by atoms with Gasteiger partial charge in [0.05, 0.1) is 5.41 Å². The van der Waals surface area contributed by atoms with Gasteiger partial charge in [-0.2, -0.15) is 0 Å². The molecule has 0 bridgehead atoms. The van der Waals surface area contributed by atoms with Crippen LogP contribution in [0.4, 0.5) is 11.5 Å². The third-order valence-electron chi connectivity index (χ3n) is 5.83. The number of rotatable bonds is 5. The molecule has 0 atom stereocenters. The smallest absolute Gasteiger partial charge is 0.236 e. The van der Waals surface area contributed by atoms with Crippen molar-refractivity contribution in [1.82, 2.24) is 4.98 Å². The summed E-state index contributed by atoms with van der Waals surface area (Å²) >= 11 is 0. The molecule has 1 aromatic heterocycles. The minimum atomic E-state index is -0.511. The largest absolute Gasteiger partial charge is 0.454 e. The first-order valence-corrected chi connectivity index (χ1v) is 10.0. The summed E-state index contributed by atoms with van der Waals surface area (Å²) in [7, 11) is 4.04. The minimum Gasteiger partial charge on any atom is -0.454 e. The van der Waals surface area contributed by atoms with Crippen LogP contribution in [0, 0.1) is 0 Å². The van der Waals surface area contributed by atoms with Gasteiger partial charge in [-0.15, -0.1) is 0 Å². The van der Waals surface area contributed by atoms with E-state index in [1.165, 1.54) is 0 Å². The maximum absolute atomic E-state index is 13.0. The average Bonchev–Trinajstić information content (AvgIpc) is 3.45. The number of nitrogens with zero attached hydrogens (tertiary/aromatic N) is 2. The normalized spacial score (nSPS) is 15.5. The molecule has 3 aromatic rings. The highest BCUT2D eigenvalue weighted by Gasteiger charge is 2.51. The molecule has 1 N–H and O–H groups in total. The fourth-order valence-electron chi connectivity index (χ4n) is 3.79. The summed E-state index contributed by atoms with van der Waals surface area (Å²) in [6, 6.07) is 17.9. The van der Waals surface area contributed by atoms with E-state index in [1.54, 1.807) is 6.20 Å². The molecule has 1 fully saturated rings. The van der Waals surface area contributed by atoms with E-state index in [1.807, 2.05) is 44.4 Å². The van der Waals surface area contributed by atoms with E-state index in [9.17, 15) is 4.79 Å². The molecule has 0 saturated heterocycles. The molecule has 1 amide bonds. The molecule has 5 rings (SSSR count). The van der Waals surface area contributed by atoms with Crippen molar-refractivity contribution in [1.29, 1.82) is 0 Å². The predicted molar refractivity (Wildman–Crippen MR) is 116 cm³/mol.